The molecule has 0 unspecified atom stereocenters. The second-order valence-electron chi connectivity index (χ2n) is 4.49. The monoisotopic (exact) mass is 315 g/mol. The van der Waals surface area contributed by atoms with Gasteiger partial charge in [-0.3, -0.25) is 0 Å². The maximum atomic E-state index is 12.1. The number of halogens is 3. The Morgan fingerprint density at radius 3 is 1.91 bits per heavy atom. The predicted molar refractivity (Wildman–Crippen MR) is 70.6 cm³/mol. The second-order valence-corrected chi connectivity index (χ2v) is 4.49. The Kier molecular flexibility index (Phi) is 4.05. The molecule has 0 amide bonds. The van der Waals surface area contributed by atoms with Crippen LogP contribution >= 0.6 is 0 Å². The number of aromatic hydroxyl groups is 3. The Morgan fingerprint density at radius 1 is 0.955 bits per heavy atom. The smallest absolute Gasteiger partial charge is 0.508 e. The minimum Gasteiger partial charge on any atom is -0.508 e. The lowest BCUT2D eigenvalue weighted by Crippen LogP contribution is -2.17. The molecule has 0 aliphatic rings. The number of hydrogen-bond donors (Lipinski definition) is 4. The zero-order valence-electron chi connectivity index (χ0n) is 11.0. The van der Waals surface area contributed by atoms with Crippen LogP contribution in [0.1, 0.15) is 17.2 Å². The zero-order valence-corrected chi connectivity index (χ0v) is 11.0. The molecule has 0 heterocycles. The van der Waals surface area contributed by atoms with Gasteiger partial charge in [0.05, 0.1) is 11.6 Å². The molecule has 0 bridgehead atoms. The number of alkyl halides is 3. The van der Waals surface area contributed by atoms with Gasteiger partial charge in [0.2, 0.25) is 0 Å². The van der Waals surface area contributed by atoms with Crippen molar-refractivity contribution in [3.05, 3.63) is 47.5 Å². The molecule has 0 saturated heterocycles. The lowest BCUT2D eigenvalue weighted by Gasteiger charge is -2.16. The molecular weight excluding hydrogens is 303 g/mol. The summed E-state index contributed by atoms with van der Waals surface area (Å²) in [4.78, 5) is 0. The number of phenolic OH excluding ortho intramolecular Hbond substituents is 3. The first-order valence-corrected chi connectivity index (χ1v) is 6.03. The van der Waals surface area contributed by atoms with Gasteiger partial charge >= 0.3 is 6.36 Å². The van der Waals surface area contributed by atoms with Crippen molar-refractivity contribution in [1.29, 1.82) is 0 Å². The van der Waals surface area contributed by atoms with Crippen LogP contribution in [0.4, 0.5) is 13.2 Å². The van der Waals surface area contributed by atoms with Gasteiger partial charge in [0.15, 0.2) is 0 Å². The van der Waals surface area contributed by atoms with Crippen LogP contribution in [0.25, 0.3) is 0 Å². The summed E-state index contributed by atoms with van der Waals surface area (Å²) in [7, 11) is 0. The molecule has 5 N–H and O–H groups in total. The number of nitrogens with two attached hydrogens (primary N) is 1. The summed E-state index contributed by atoms with van der Waals surface area (Å²) in [6.45, 7) is 0. The molecule has 0 fully saturated rings. The minimum absolute atomic E-state index is 0.0534. The van der Waals surface area contributed by atoms with Crippen molar-refractivity contribution >= 4 is 0 Å². The predicted octanol–water partition coefficient (Wildman–Crippen LogP) is 2.75. The molecule has 0 spiro atoms. The number of rotatable bonds is 3. The fraction of sp³-hybridized carbons (Fsp3) is 0.143. The molecule has 1 atom stereocenters. The van der Waals surface area contributed by atoms with Gasteiger partial charge in [-0.1, -0.05) is 12.1 Å². The Balaban J connectivity index is 2.29. The van der Waals surface area contributed by atoms with Gasteiger partial charge in [-0.2, -0.15) is 0 Å². The summed E-state index contributed by atoms with van der Waals surface area (Å²) < 4.78 is 39.9. The standard InChI is InChI=1S/C14H12F3NO4/c15-14(16,17)22-9-3-1-7(2-4-9)13(18)12-10(20)5-8(19)6-11(12)21/h1-6,13,19-21H,18H2/t13-/m1/s1. The highest BCUT2D eigenvalue weighted by Crippen LogP contribution is 2.38. The van der Waals surface area contributed by atoms with Crippen LogP contribution in [0, 0.1) is 0 Å². The molecule has 2 rings (SSSR count). The SMILES string of the molecule is N[C@H](c1ccc(OC(F)(F)F)cc1)c1c(O)cc(O)cc1O. The van der Waals surface area contributed by atoms with Crippen molar-refractivity contribution in [2.75, 3.05) is 0 Å². The van der Waals surface area contributed by atoms with E-state index in [1.54, 1.807) is 0 Å². The second kappa shape index (κ2) is 5.64. The molecular formula is C14H12F3NO4. The van der Waals surface area contributed by atoms with Crippen LogP contribution in [-0.4, -0.2) is 21.7 Å². The van der Waals surface area contributed by atoms with Gasteiger partial charge in [0.25, 0.3) is 0 Å². The van der Waals surface area contributed by atoms with E-state index >= 15 is 0 Å². The van der Waals surface area contributed by atoms with Gasteiger partial charge in [0.1, 0.15) is 23.0 Å². The summed E-state index contributed by atoms with van der Waals surface area (Å²) in [5.74, 6) is -1.62. The average Bonchev–Trinajstić information content (AvgIpc) is 2.36. The third kappa shape index (κ3) is 3.53. The van der Waals surface area contributed by atoms with Crippen molar-refractivity contribution in [2.24, 2.45) is 5.73 Å². The first kappa shape index (κ1) is 15.8. The zero-order chi connectivity index (χ0) is 16.5. The summed E-state index contributed by atoms with van der Waals surface area (Å²) in [5, 5.41) is 28.7. The molecule has 2 aromatic carbocycles. The van der Waals surface area contributed by atoms with Crippen LogP contribution in [0.2, 0.25) is 0 Å². The van der Waals surface area contributed by atoms with E-state index in [4.69, 9.17) is 5.73 Å². The third-order valence-corrected chi connectivity index (χ3v) is 2.90. The largest absolute Gasteiger partial charge is 0.573 e. The third-order valence-electron chi connectivity index (χ3n) is 2.90. The van der Waals surface area contributed by atoms with Gasteiger partial charge in [-0.05, 0) is 17.7 Å². The van der Waals surface area contributed by atoms with Crippen molar-refractivity contribution < 1.29 is 33.2 Å². The average molecular weight is 315 g/mol. The first-order valence-electron chi connectivity index (χ1n) is 6.03. The molecule has 5 nitrogen and oxygen atoms in total. The van der Waals surface area contributed by atoms with E-state index in [0.29, 0.717) is 5.56 Å². The highest BCUT2D eigenvalue weighted by atomic mass is 19.4. The van der Waals surface area contributed by atoms with E-state index in [1.807, 2.05) is 0 Å². The van der Waals surface area contributed by atoms with Gasteiger partial charge in [-0.15, -0.1) is 13.2 Å². The van der Waals surface area contributed by atoms with Crippen LogP contribution in [0.3, 0.4) is 0 Å². The van der Waals surface area contributed by atoms with Crippen molar-refractivity contribution in [3.8, 4) is 23.0 Å². The topological polar surface area (TPSA) is 95.9 Å². The molecule has 118 valence electrons. The van der Waals surface area contributed by atoms with Crippen LogP contribution in [-0.2, 0) is 0 Å². The fourth-order valence-electron chi connectivity index (χ4n) is 1.97. The highest BCUT2D eigenvalue weighted by molar-refractivity contribution is 5.53. The van der Waals surface area contributed by atoms with Crippen molar-refractivity contribution in [1.82, 2.24) is 0 Å². The molecule has 0 aliphatic heterocycles. The first-order chi connectivity index (χ1) is 10.2. The maximum absolute atomic E-state index is 12.1. The molecule has 8 heteroatoms. The van der Waals surface area contributed by atoms with Crippen molar-refractivity contribution in [2.45, 2.75) is 12.4 Å². The normalized spacial score (nSPS) is 12.9. The van der Waals surface area contributed by atoms with E-state index in [1.165, 1.54) is 12.1 Å². The fourth-order valence-corrected chi connectivity index (χ4v) is 1.97. The Bertz CT molecular complexity index is 648. The van der Waals surface area contributed by atoms with Crippen LogP contribution < -0.4 is 10.5 Å². The molecule has 22 heavy (non-hydrogen) atoms. The highest BCUT2D eigenvalue weighted by Gasteiger charge is 2.31. The number of benzene rings is 2. The Morgan fingerprint density at radius 2 is 1.45 bits per heavy atom. The molecule has 0 aliphatic carbocycles. The summed E-state index contributed by atoms with van der Waals surface area (Å²) in [6.07, 6.45) is -4.79. The van der Waals surface area contributed by atoms with Gasteiger partial charge in [-0.25, -0.2) is 0 Å². The maximum Gasteiger partial charge on any atom is 0.573 e. The van der Waals surface area contributed by atoms with E-state index in [-0.39, 0.29) is 11.3 Å². The summed E-state index contributed by atoms with van der Waals surface area (Å²) in [5.41, 5.74) is 6.17. The molecule has 0 saturated carbocycles. The van der Waals surface area contributed by atoms with E-state index in [2.05, 4.69) is 4.74 Å². The number of ether oxygens (including phenoxy) is 1. The van der Waals surface area contributed by atoms with Gasteiger partial charge < -0.3 is 25.8 Å². The molecule has 0 radical (unpaired) electrons. The summed E-state index contributed by atoms with van der Waals surface area (Å²) in [6, 6.07) is 5.68. The molecule has 0 aromatic heterocycles. The quantitative estimate of drug-likeness (QED) is 0.698. The van der Waals surface area contributed by atoms with E-state index < -0.39 is 29.7 Å². The van der Waals surface area contributed by atoms with Crippen molar-refractivity contribution in [3.63, 3.8) is 0 Å². The Hall–Kier alpha value is -2.61. The van der Waals surface area contributed by atoms with E-state index in [0.717, 1.165) is 24.3 Å². The number of hydrogen-bond acceptors (Lipinski definition) is 5. The lowest BCUT2D eigenvalue weighted by atomic mass is 9.97. The lowest BCUT2D eigenvalue weighted by molar-refractivity contribution is -0.274. The van der Waals surface area contributed by atoms with E-state index in [9.17, 15) is 28.5 Å². The van der Waals surface area contributed by atoms with Crippen LogP contribution in [0.5, 0.6) is 23.0 Å². The number of phenols is 3. The van der Waals surface area contributed by atoms with Gasteiger partial charge in [0, 0.05) is 12.1 Å². The molecule has 2 aromatic rings. The summed E-state index contributed by atoms with van der Waals surface area (Å²) >= 11 is 0. The minimum atomic E-state index is -4.79. The van der Waals surface area contributed by atoms with Crippen LogP contribution in [0.15, 0.2) is 36.4 Å². The Labute approximate surface area is 123 Å².